The van der Waals surface area contributed by atoms with Gasteiger partial charge in [0.2, 0.25) is 5.75 Å². The van der Waals surface area contributed by atoms with Crippen molar-refractivity contribution in [1.82, 2.24) is 5.01 Å². The molecule has 2 amide bonds. The van der Waals surface area contributed by atoms with Gasteiger partial charge in [-0.1, -0.05) is 12.2 Å². The predicted octanol–water partition coefficient (Wildman–Crippen LogP) is 2.09. The van der Waals surface area contributed by atoms with E-state index in [4.69, 9.17) is 4.74 Å². The smallest absolute Gasteiger partial charge is 0.315 e. The lowest BCUT2D eigenvalue weighted by Crippen LogP contribution is -2.40. The van der Waals surface area contributed by atoms with Gasteiger partial charge in [0.05, 0.1) is 29.6 Å². The molecule has 2 saturated carbocycles. The SMILES string of the molecule is CCOc1cc(/C=N\N2C(=O)[C@@H]3[C@@H]4C=C[C@H]([C@@H]5C[C@H]45)[C@H]3C2=O)cc([N+](=O)[O-])c1O. The lowest BCUT2D eigenvalue weighted by atomic mass is 9.63. The zero-order valence-electron chi connectivity index (χ0n) is 15.6. The Labute approximate surface area is 165 Å². The number of ether oxygens (including phenoxy) is 1. The molecule has 4 aliphatic carbocycles. The van der Waals surface area contributed by atoms with Crippen molar-refractivity contribution in [3.63, 3.8) is 0 Å². The Hall–Kier alpha value is -3.23. The molecule has 3 fully saturated rings. The van der Waals surface area contributed by atoms with E-state index < -0.39 is 16.4 Å². The average molecular weight is 397 g/mol. The van der Waals surface area contributed by atoms with Gasteiger partial charge in [-0.3, -0.25) is 19.7 Å². The molecule has 6 rings (SSSR count). The third kappa shape index (κ3) is 2.49. The Bertz CT molecular complexity index is 966. The molecule has 0 aromatic heterocycles. The van der Waals surface area contributed by atoms with Crippen LogP contribution in [0.3, 0.4) is 0 Å². The maximum Gasteiger partial charge on any atom is 0.315 e. The van der Waals surface area contributed by atoms with Crippen LogP contribution in [0.15, 0.2) is 29.4 Å². The number of hydrogen-bond acceptors (Lipinski definition) is 7. The van der Waals surface area contributed by atoms with Crippen LogP contribution in [0.5, 0.6) is 11.5 Å². The zero-order chi connectivity index (χ0) is 20.4. The van der Waals surface area contributed by atoms with Gasteiger partial charge in [-0.15, -0.1) is 0 Å². The molecule has 5 aliphatic rings. The molecule has 0 radical (unpaired) electrons. The van der Waals surface area contributed by atoms with Crippen molar-refractivity contribution in [1.29, 1.82) is 0 Å². The van der Waals surface area contributed by atoms with Gasteiger partial charge in [0.25, 0.3) is 11.8 Å². The van der Waals surface area contributed by atoms with Crippen molar-refractivity contribution >= 4 is 23.7 Å². The van der Waals surface area contributed by atoms with Gasteiger partial charge >= 0.3 is 5.69 Å². The number of imide groups is 1. The molecule has 1 aromatic carbocycles. The van der Waals surface area contributed by atoms with Crippen LogP contribution in [0.2, 0.25) is 0 Å². The summed E-state index contributed by atoms with van der Waals surface area (Å²) >= 11 is 0. The van der Waals surface area contributed by atoms with Crippen molar-refractivity contribution in [3.05, 3.63) is 40.0 Å². The highest BCUT2D eigenvalue weighted by atomic mass is 16.6. The molecule has 1 aromatic rings. The molecule has 1 aliphatic heterocycles. The van der Waals surface area contributed by atoms with Gasteiger partial charge in [-0.05, 0) is 43.1 Å². The van der Waals surface area contributed by atoms with Crippen LogP contribution < -0.4 is 4.74 Å². The van der Waals surface area contributed by atoms with Gasteiger partial charge in [0, 0.05) is 11.6 Å². The fourth-order valence-electron chi connectivity index (χ4n) is 5.27. The molecule has 0 unspecified atom stereocenters. The van der Waals surface area contributed by atoms with Gasteiger partial charge in [-0.25, -0.2) is 0 Å². The molecule has 9 heteroatoms. The second-order valence-corrected chi connectivity index (χ2v) is 7.96. The van der Waals surface area contributed by atoms with E-state index in [9.17, 15) is 24.8 Å². The van der Waals surface area contributed by atoms with E-state index in [1.807, 2.05) is 0 Å². The summed E-state index contributed by atoms with van der Waals surface area (Å²) in [6.07, 6.45) is 6.46. The minimum absolute atomic E-state index is 0.0572. The number of carbonyl (C=O) groups excluding carboxylic acids is 2. The van der Waals surface area contributed by atoms with E-state index in [-0.39, 0.29) is 53.4 Å². The number of phenols is 1. The van der Waals surface area contributed by atoms with Crippen LogP contribution in [0, 0.1) is 45.6 Å². The Kier molecular flexibility index (Phi) is 3.77. The number of rotatable bonds is 5. The van der Waals surface area contributed by atoms with Crippen molar-refractivity contribution < 1.29 is 24.4 Å². The Morgan fingerprint density at radius 2 is 1.86 bits per heavy atom. The van der Waals surface area contributed by atoms with Gasteiger partial charge in [0.1, 0.15) is 0 Å². The van der Waals surface area contributed by atoms with Crippen LogP contribution >= 0.6 is 0 Å². The first-order chi connectivity index (χ1) is 13.9. The highest BCUT2D eigenvalue weighted by Crippen LogP contribution is 2.65. The van der Waals surface area contributed by atoms with E-state index in [1.54, 1.807) is 6.92 Å². The zero-order valence-corrected chi connectivity index (χ0v) is 15.6. The van der Waals surface area contributed by atoms with Gasteiger partial charge < -0.3 is 9.84 Å². The summed E-state index contributed by atoms with van der Waals surface area (Å²) in [7, 11) is 0. The number of nitro benzene ring substituents is 1. The topological polar surface area (TPSA) is 122 Å². The van der Waals surface area contributed by atoms with Crippen LogP contribution in [-0.2, 0) is 9.59 Å². The Balaban J connectivity index is 1.45. The maximum absolute atomic E-state index is 12.9. The highest BCUT2D eigenvalue weighted by Gasteiger charge is 2.67. The quantitative estimate of drug-likeness (QED) is 0.267. The fraction of sp³-hybridized carbons (Fsp3) is 0.450. The lowest BCUT2D eigenvalue weighted by molar-refractivity contribution is -0.386. The third-order valence-corrected chi connectivity index (χ3v) is 6.54. The first-order valence-electron chi connectivity index (χ1n) is 9.66. The fourth-order valence-corrected chi connectivity index (χ4v) is 5.27. The van der Waals surface area contributed by atoms with Crippen molar-refractivity contribution in [2.45, 2.75) is 13.3 Å². The second kappa shape index (κ2) is 6.13. The molecule has 150 valence electrons. The maximum atomic E-state index is 12.9. The van der Waals surface area contributed by atoms with Crippen molar-refractivity contribution in [2.24, 2.45) is 40.6 Å². The number of nitrogens with zero attached hydrogens (tertiary/aromatic N) is 3. The molecular weight excluding hydrogens is 378 g/mol. The molecule has 0 spiro atoms. The second-order valence-electron chi connectivity index (χ2n) is 7.96. The average Bonchev–Trinajstić information content (AvgIpc) is 3.47. The van der Waals surface area contributed by atoms with Crippen LogP contribution in [0.25, 0.3) is 0 Å². The molecule has 2 bridgehead atoms. The van der Waals surface area contributed by atoms with E-state index in [1.165, 1.54) is 12.3 Å². The molecule has 9 nitrogen and oxygen atoms in total. The van der Waals surface area contributed by atoms with Gasteiger partial charge in [0.15, 0.2) is 5.75 Å². The normalized spacial score (nSPS) is 33.9. The lowest BCUT2D eigenvalue weighted by Gasteiger charge is -2.37. The number of hydrogen-bond donors (Lipinski definition) is 1. The summed E-state index contributed by atoms with van der Waals surface area (Å²) < 4.78 is 5.24. The third-order valence-electron chi connectivity index (χ3n) is 6.54. The van der Waals surface area contributed by atoms with E-state index in [2.05, 4.69) is 17.3 Å². The monoisotopic (exact) mass is 397 g/mol. The Morgan fingerprint density at radius 3 is 2.41 bits per heavy atom. The standard InChI is InChI=1S/C20H19N3O6/c1-2-29-15-6-9(5-14(18(15)24)23(27)28)8-21-22-19(25)16-10-3-4-11(13-7-12(10)13)17(16)20(22)26/h3-6,8,10-13,16-17,24H,2,7H2,1H3/b21-8-/t10-,11-,12-,13+,16-,17-/m1/s1. The summed E-state index contributed by atoms with van der Waals surface area (Å²) in [6, 6.07) is 2.51. The van der Waals surface area contributed by atoms with Crippen molar-refractivity contribution in [3.8, 4) is 11.5 Å². The largest absolute Gasteiger partial charge is 0.500 e. The van der Waals surface area contributed by atoms with E-state index in [0.717, 1.165) is 17.5 Å². The molecule has 1 N–H and O–H groups in total. The first-order valence-corrected chi connectivity index (χ1v) is 9.66. The summed E-state index contributed by atoms with van der Waals surface area (Å²) in [5.74, 6) is -0.747. The number of phenolic OH excluding ortho intramolecular Hbond substituents is 1. The van der Waals surface area contributed by atoms with Crippen LogP contribution in [0.1, 0.15) is 18.9 Å². The van der Waals surface area contributed by atoms with E-state index in [0.29, 0.717) is 11.8 Å². The van der Waals surface area contributed by atoms with Gasteiger partial charge in [-0.2, -0.15) is 10.1 Å². The number of amides is 2. The molecule has 29 heavy (non-hydrogen) atoms. The number of benzene rings is 1. The number of hydrazone groups is 1. The highest BCUT2D eigenvalue weighted by molar-refractivity contribution is 6.06. The summed E-state index contributed by atoms with van der Waals surface area (Å²) in [6.45, 7) is 1.89. The summed E-state index contributed by atoms with van der Waals surface area (Å²) in [4.78, 5) is 36.3. The Morgan fingerprint density at radius 1 is 1.24 bits per heavy atom. The van der Waals surface area contributed by atoms with E-state index >= 15 is 0 Å². The summed E-state index contributed by atoms with van der Waals surface area (Å²) in [5, 5.41) is 26.2. The number of carbonyl (C=O) groups is 2. The molecule has 1 saturated heterocycles. The predicted molar refractivity (Wildman–Crippen MR) is 100 cm³/mol. The summed E-state index contributed by atoms with van der Waals surface area (Å²) in [5.41, 5.74) is -0.287. The van der Waals surface area contributed by atoms with Crippen LogP contribution in [0.4, 0.5) is 5.69 Å². The molecular formula is C20H19N3O6. The minimum Gasteiger partial charge on any atom is -0.500 e. The molecule has 6 atom stereocenters. The minimum atomic E-state index is -0.731. The van der Waals surface area contributed by atoms with Crippen LogP contribution in [-0.4, -0.2) is 39.7 Å². The molecule has 1 heterocycles. The number of allylic oxidation sites excluding steroid dienone is 2. The number of nitro groups is 1. The first kappa shape index (κ1) is 17.8. The number of aromatic hydroxyl groups is 1. The van der Waals surface area contributed by atoms with Crippen molar-refractivity contribution in [2.75, 3.05) is 6.61 Å².